The molecule has 2 heteroatoms. The summed E-state index contributed by atoms with van der Waals surface area (Å²) in [7, 11) is 0. The van der Waals surface area contributed by atoms with Gasteiger partial charge in [-0.2, -0.15) is 0 Å². The first-order chi connectivity index (χ1) is 28.8. The SMILES string of the molecule is c1ccc2c(-c3c4ccccc4c(-c4ccc(-c5cc6oc7ccc8oc9ccccc9c8c7c6c6ccccc56)c5ccccc45)c4ccccc34)cccc2c1. The molecule has 11 aromatic carbocycles. The average molecular weight is 737 g/mol. The summed E-state index contributed by atoms with van der Waals surface area (Å²) in [4.78, 5) is 0. The van der Waals surface area contributed by atoms with Crippen molar-refractivity contribution in [1.29, 1.82) is 0 Å². The summed E-state index contributed by atoms with van der Waals surface area (Å²) in [5.41, 5.74) is 10.8. The van der Waals surface area contributed by atoms with E-state index < -0.39 is 0 Å². The summed E-state index contributed by atoms with van der Waals surface area (Å²) >= 11 is 0. The number of hydrogen-bond acceptors (Lipinski definition) is 2. The minimum atomic E-state index is 0.863. The van der Waals surface area contributed by atoms with Gasteiger partial charge >= 0.3 is 0 Å². The third kappa shape index (κ3) is 4.32. The molecule has 0 unspecified atom stereocenters. The molecule has 13 aromatic rings. The van der Waals surface area contributed by atoms with Gasteiger partial charge in [0.2, 0.25) is 0 Å². The summed E-state index contributed by atoms with van der Waals surface area (Å²) in [5, 5.41) is 16.7. The van der Waals surface area contributed by atoms with E-state index in [4.69, 9.17) is 8.83 Å². The molecule has 13 rings (SSSR count). The second-order valence-electron chi connectivity index (χ2n) is 15.4. The van der Waals surface area contributed by atoms with Crippen molar-refractivity contribution < 1.29 is 8.83 Å². The lowest BCUT2D eigenvalue weighted by Crippen LogP contribution is -1.93. The second kappa shape index (κ2) is 11.9. The van der Waals surface area contributed by atoms with E-state index >= 15 is 0 Å². The zero-order chi connectivity index (χ0) is 37.9. The lowest BCUT2D eigenvalue weighted by atomic mass is 9.82. The predicted molar refractivity (Wildman–Crippen MR) is 245 cm³/mol. The van der Waals surface area contributed by atoms with Crippen LogP contribution in [-0.2, 0) is 0 Å². The number of hydrogen-bond donors (Lipinski definition) is 0. The van der Waals surface area contributed by atoms with Crippen LogP contribution in [0.4, 0.5) is 0 Å². The predicted octanol–water partition coefficient (Wildman–Crippen LogP) is 16.3. The fourth-order valence-corrected chi connectivity index (χ4v) is 10.1. The van der Waals surface area contributed by atoms with Crippen molar-refractivity contribution in [2.45, 2.75) is 0 Å². The molecule has 268 valence electrons. The summed E-state index contributed by atoms with van der Waals surface area (Å²) in [6, 6.07) is 70.3. The molecule has 2 heterocycles. The second-order valence-corrected chi connectivity index (χ2v) is 15.4. The molecule has 0 saturated carbocycles. The van der Waals surface area contributed by atoms with Crippen molar-refractivity contribution in [3.63, 3.8) is 0 Å². The molecule has 2 nitrogen and oxygen atoms in total. The highest BCUT2D eigenvalue weighted by Gasteiger charge is 2.23. The van der Waals surface area contributed by atoms with Crippen LogP contribution in [0.1, 0.15) is 0 Å². The van der Waals surface area contributed by atoms with Gasteiger partial charge in [0, 0.05) is 21.5 Å². The molecule has 0 saturated heterocycles. The van der Waals surface area contributed by atoms with E-state index in [1.165, 1.54) is 81.7 Å². The van der Waals surface area contributed by atoms with Crippen molar-refractivity contribution in [1.82, 2.24) is 0 Å². The molecule has 0 aliphatic rings. The van der Waals surface area contributed by atoms with Crippen LogP contribution < -0.4 is 0 Å². The Morgan fingerprint density at radius 2 is 0.655 bits per heavy atom. The van der Waals surface area contributed by atoms with Gasteiger partial charge in [-0.3, -0.25) is 0 Å². The first-order valence-electron chi connectivity index (χ1n) is 19.9. The molecule has 0 fully saturated rings. The highest BCUT2D eigenvalue weighted by atomic mass is 16.3. The molecule has 0 aliphatic carbocycles. The monoisotopic (exact) mass is 736 g/mol. The Morgan fingerprint density at radius 3 is 1.33 bits per heavy atom. The van der Waals surface area contributed by atoms with Gasteiger partial charge in [0.25, 0.3) is 0 Å². The van der Waals surface area contributed by atoms with Crippen LogP contribution >= 0.6 is 0 Å². The lowest BCUT2D eigenvalue weighted by Gasteiger charge is -2.20. The van der Waals surface area contributed by atoms with Crippen LogP contribution in [0.3, 0.4) is 0 Å². The van der Waals surface area contributed by atoms with Crippen LogP contribution in [0.15, 0.2) is 203 Å². The number of benzene rings is 11. The first-order valence-corrected chi connectivity index (χ1v) is 19.9. The van der Waals surface area contributed by atoms with Crippen molar-refractivity contribution in [3.05, 3.63) is 194 Å². The summed E-state index contributed by atoms with van der Waals surface area (Å²) in [6.45, 7) is 0. The Hall–Kier alpha value is -7.68. The van der Waals surface area contributed by atoms with E-state index in [9.17, 15) is 0 Å². The molecule has 58 heavy (non-hydrogen) atoms. The Kier molecular flexibility index (Phi) is 6.47. The molecular formula is C56H32O2. The van der Waals surface area contributed by atoms with E-state index in [0.717, 1.165) is 49.4 Å². The number of rotatable bonds is 3. The molecule has 0 amide bonds. The van der Waals surface area contributed by atoms with Crippen LogP contribution in [0.5, 0.6) is 0 Å². The Balaban J connectivity index is 1.09. The molecule has 0 bridgehead atoms. The molecule has 0 atom stereocenters. The number of furan rings is 2. The summed E-state index contributed by atoms with van der Waals surface area (Å²) < 4.78 is 13.1. The highest BCUT2D eigenvalue weighted by molar-refractivity contribution is 6.32. The zero-order valence-electron chi connectivity index (χ0n) is 31.3. The van der Waals surface area contributed by atoms with Crippen LogP contribution in [0.25, 0.3) is 131 Å². The smallest absolute Gasteiger partial charge is 0.136 e. The third-order valence-corrected chi connectivity index (χ3v) is 12.5. The summed E-state index contributed by atoms with van der Waals surface area (Å²) in [6.07, 6.45) is 0. The van der Waals surface area contributed by atoms with Crippen molar-refractivity contribution in [3.8, 4) is 33.4 Å². The van der Waals surface area contributed by atoms with Gasteiger partial charge in [0.15, 0.2) is 0 Å². The Morgan fingerprint density at radius 1 is 0.224 bits per heavy atom. The zero-order valence-corrected chi connectivity index (χ0v) is 31.3. The van der Waals surface area contributed by atoms with Crippen LogP contribution in [0, 0.1) is 0 Å². The highest BCUT2D eigenvalue weighted by Crippen LogP contribution is 2.49. The lowest BCUT2D eigenvalue weighted by molar-refractivity contribution is 0.663. The third-order valence-electron chi connectivity index (χ3n) is 12.5. The van der Waals surface area contributed by atoms with Gasteiger partial charge < -0.3 is 8.83 Å². The maximum Gasteiger partial charge on any atom is 0.136 e. The van der Waals surface area contributed by atoms with Gasteiger partial charge in [0.05, 0.1) is 0 Å². The minimum Gasteiger partial charge on any atom is -0.456 e. The fourth-order valence-electron chi connectivity index (χ4n) is 10.1. The van der Waals surface area contributed by atoms with E-state index in [1.54, 1.807) is 0 Å². The van der Waals surface area contributed by atoms with Gasteiger partial charge in [-0.1, -0.05) is 170 Å². The van der Waals surface area contributed by atoms with E-state index in [2.05, 4.69) is 176 Å². The fraction of sp³-hybridized carbons (Fsp3) is 0. The normalized spacial score (nSPS) is 12.1. The Labute approximate surface area is 332 Å². The first kappa shape index (κ1) is 31.5. The van der Waals surface area contributed by atoms with Gasteiger partial charge in [-0.05, 0) is 112 Å². The van der Waals surface area contributed by atoms with Crippen LogP contribution in [0.2, 0.25) is 0 Å². The molecule has 0 aliphatic heterocycles. The summed E-state index contributed by atoms with van der Waals surface area (Å²) in [5.74, 6) is 0. The topological polar surface area (TPSA) is 26.3 Å². The molecule has 0 spiro atoms. The number of fused-ring (bicyclic) bond motifs is 13. The van der Waals surface area contributed by atoms with Crippen LogP contribution in [-0.4, -0.2) is 0 Å². The van der Waals surface area contributed by atoms with E-state index in [0.29, 0.717) is 0 Å². The van der Waals surface area contributed by atoms with E-state index in [-0.39, 0.29) is 0 Å². The maximum atomic E-state index is 6.78. The molecule has 0 radical (unpaired) electrons. The molecule has 0 N–H and O–H groups in total. The van der Waals surface area contributed by atoms with Crippen molar-refractivity contribution in [2.75, 3.05) is 0 Å². The standard InChI is InChI=1S/C56H32O2/c1-2-16-34-33(14-1)15-13-26-39(34)52-41-21-7-9-23-43(41)53(44-24-10-8-22-42(44)52)45-29-28-38(35-17-3-4-18-36(35)45)47-32-51-54(40-20-6-5-19-37(40)47)56-50(58-51)31-30-49-55(56)46-25-11-12-27-48(46)57-49/h1-32H. The van der Waals surface area contributed by atoms with E-state index in [1.807, 2.05) is 18.2 Å². The average Bonchev–Trinajstić information content (AvgIpc) is 3.86. The molecule has 2 aromatic heterocycles. The van der Waals surface area contributed by atoms with Crippen molar-refractivity contribution >= 4 is 97.7 Å². The van der Waals surface area contributed by atoms with Gasteiger partial charge in [0.1, 0.15) is 22.3 Å². The van der Waals surface area contributed by atoms with Gasteiger partial charge in [-0.15, -0.1) is 0 Å². The maximum absolute atomic E-state index is 6.78. The number of para-hydroxylation sites is 1. The Bertz CT molecular complexity index is 3800. The quantitative estimate of drug-likeness (QED) is 0.169. The largest absolute Gasteiger partial charge is 0.456 e. The molecular weight excluding hydrogens is 705 g/mol. The van der Waals surface area contributed by atoms with Gasteiger partial charge in [-0.25, -0.2) is 0 Å². The van der Waals surface area contributed by atoms with Crippen molar-refractivity contribution in [2.24, 2.45) is 0 Å². The minimum absolute atomic E-state index is 0.863.